The third-order valence-electron chi connectivity index (χ3n) is 3.18. The van der Waals surface area contributed by atoms with Gasteiger partial charge in [-0.2, -0.15) is 0 Å². The van der Waals surface area contributed by atoms with Gasteiger partial charge in [-0.1, -0.05) is 23.2 Å². The summed E-state index contributed by atoms with van der Waals surface area (Å²) in [5.74, 6) is -1.51. The van der Waals surface area contributed by atoms with Crippen molar-refractivity contribution >= 4 is 51.6 Å². The van der Waals surface area contributed by atoms with E-state index in [2.05, 4.69) is 20.5 Å². The number of fused-ring (bicyclic) bond motifs is 1. The number of H-pyrrole nitrogens is 1. The Morgan fingerprint density at radius 3 is 2.84 bits per heavy atom. The van der Waals surface area contributed by atoms with Gasteiger partial charge in [-0.05, 0) is 24.3 Å². The molecule has 0 saturated heterocycles. The smallest absolute Gasteiger partial charge is 0.287 e. The van der Waals surface area contributed by atoms with E-state index in [0.29, 0.717) is 15.9 Å². The molecule has 8 nitrogen and oxygen atoms in total. The molecule has 3 N–H and O–H groups in total. The number of aromatic nitrogens is 1. The maximum Gasteiger partial charge on any atom is 0.287 e. The Hall–Kier alpha value is -2.84. The number of carbonyl (C=O) groups excluding carboxylic acids is 2. The molecule has 2 amide bonds. The third kappa shape index (κ3) is 3.65. The highest BCUT2D eigenvalue weighted by Crippen LogP contribution is 2.40. The summed E-state index contributed by atoms with van der Waals surface area (Å²) in [6, 6.07) is 6.03. The molecule has 0 aliphatic carbocycles. The minimum atomic E-state index is -0.721. The number of rotatable bonds is 4. The van der Waals surface area contributed by atoms with Crippen molar-refractivity contribution in [1.29, 1.82) is 0 Å². The maximum absolute atomic E-state index is 11.7. The highest BCUT2D eigenvalue weighted by atomic mass is 35.5. The highest BCUT2D eigenvalue weighted by molar-refractivity contribution is 6.38. The van der Waals surface area contributed by atoms with Crippen LogP contribution in [0.4, 0.5) is 5.69 Å². The van der Waals surface area contributed by atoms with Crippen molar-refractivity contribution in [2.75, 3.05) is 6.54 Å². The van der Waals surface area contributed by atoms with Crippen LogP contribution in [0.2, 0.25) is 10.0 Å². The Bertz CT molecular complexity index is 979. The van der Waals surface area contributed by atoms with Crippen molar-refractivity contribution in [3.63, 3.8) is 0 Å². The monoisotopic (exact) mass is 380 g/mol. The van der Waals surface area contributed by atoms with Gasteiger partial charge in [0.2, 0.25) is 5.88 Å². The van der Waals surface area contributed by atoms with Crippen molar-refractivity contribution < 1.29 is 19.1 Å². The molecule has 0 radical (unpaired) electrons. The number of carbonyl (C=O) groups is 2. The fourth-order valence-electron chi connectivity index (χ4n) is 2.09. The van der Waals surface area contributed by atoms with E-state index in [4.69, 9.17) is 27.6 Å². The summed E-state index contributed by atoms with van der Waals surface area (Å²) in [5.41, 5.74) is 0.432. The van der Waals surface area contributed by atoms with E-state index in [1.807, 2.05) is 0 Å². The molecule has 0 fully saturated rings. The van der Waals surface area contributed by atoms with E-state index in [-0.39, 0.29) is 28.9 Å². The SMILES string of the molecule is O=C(CNC(=O)c1ccco1)N=Nc1c(O)[nH]c2c(Cl)cc(Cl)cc12. The van der Waals surface area contributed by atoms with Gasteiger partial charge in [-0.25, -0.2) is 0 Å². The van der Waals surface area contributed by atoms with Crippen molar-refractivity contribution in [3.8, 4) is 5.88 Å². The Morgan fingerprint density at radius 2 is 2.12 bits per heavy atom. The summed E-state index contributed by atoms with van der Waals surface area (Å²) < 4.78 is 4.89. The molecule has 2 heterocycles. The van der Waals surface area contributed by atoms with Crippen LogP contribution >= 0.6 is 23.2 Å². The number of hydrogen-bond acceptors (Lipinski definition) is 5. The quantitative estimate of drug-likeness (QED) is 0.595. The summed E-state index contributed by atoms with van der Waals surface area (Å²) in [7, 11) is 0. The van der Waals surface area contributed by atoms with Gasteiger partial charge in [0.1, 0.15) is 6.54 Å². The molecule has 128 valence electrons. The molecule has 0 aliphatic rings. The fourth-order valence-corrected chi connectivity index (χ4v) is 2.63. The Kier molecular flexibility index (Phi) is 4.73. The summed E-state index contributed by atoms with van der Waals surface area (Å²) in [5, 5.41) is 20.5. The van der Waals surface area contributed by atoms with Gasteiger partial charge < -0.3 is 19.8 Å². The molecule has 0 unspecified atom stereocenters. The molecule has 0 aliphatic heterocycles. The molecular formula is C15H10Cl2N4O4. The van der Waals surface area contributed by atoms with Crippen molar-refractivity contribution in [2.24, 2.45) is 10.2 Å². The second kappa shape index (κ2) is 6.96. The Labute approximate surface area is 150 Å². The number of nitrogens with one attached hydrogen (secondary N) is 2. The molecule has 0 spiro atoms. The first-order valence-corrected chi connectivity index (χ1v) is 7.67. The highest BCUT2D eigenvalue weighted by Gasteiger charge is 2.15. The lowest BCUT2D eigenvalue weighted by Gasteiger charge is -1.98. The van der Waals surface area contributed by atoms with Crippen LogP contribution in [0.5, 0.6) is 5.88 Å². The Morgan fingerprint density at radius 1 is 1.32 bits per heavy atom. The molecule has 10 heteroatoms. The lowest BCUT2D eigenvalue weighted by Crippen LogP contribution is -2.28. The van der Waals surface area contributed by atoms with E-state index >= 15 is 0 Å². The largest absolute Gasteiger partial charge is 0.493 e. The van der Waals surface area contributed by atoms with Crippen LogP contribution in [0, 0.1) is 0 Å². The number of hydrogen-bond donors (Lipinski definition) is 3. The second-order valence-electron chi connectivity index (χ2n) is 4.89. The van der Waals surface area contributed by atoms with Gasteiger partial charge in [-0.15, -0.1) is 10.2 Å². The first kappa shape index (κ1) is 17.0. The molecule has 3 aromatic rings. The summed E-state index contributed by atoms with van der Waals surface area (Å²) in [4.78, 5) is 26.0. The van der Waals surface area contributed by atoms with Crippen LogP contribution in [0.1, 0.15) is 10.6 Å². The number of aromatic amines is 1. The minimum absolute atomic E-state index is 0.0186. The van der Waals surface area contributed by atoms with E-state index in [1.54, 1.807) is 6.07 Å². The topological polar surface area (TPSA) is 120 Å². The number of halogens is 2. The molecule has 0 atom stereocenters. The van der Waals surface area contributed by atoms with Crippen molar-refractivity contribution in [2.45, 2.75) is 0 Å². The lowest BCUT2D eigenvalue weighted by molar-refractivity contribution is -0.117. The van der Waals surface area contributed by atoms with E-state index < -0.39 is 11.8 Å². The number of aromatic hydroxyl groups is 1. The van der Waals surface area contributed by atoms with Crippen LogP contribution < -0.4 is 5.32 Å². The average Bonchev–Trinajstić information content (AvgIpc) is 3.19. The van der Waals surface area contributed by atoms with Gasteiger partial charge in [0.15, 0.2) is 11.4 Å². The zero-order valence-electron chi connectivity index (χ0n) is 12.4. The lowest BCUT2D eigenvalue weighted by atomic mass is 10.2. The van der Waals surface area contributed by atoms with Crippen LogP contribution in [0.3, 0.4) is 0 Å². The summed E-state index contributed by atoms with van der Waals surface area (Å²) in [6.07, 6.45) is 1.34. The zero-order valence-corrected chi connectivity index (χ0v) is 13.9. The van der Waals surface area contributed by atoms with Crippen LogP contribution in [-0.2, 0) is 4.79 Å². The molecule has 2 aromatic heterocycles. The van der Waals surface area contributed by atoms with Gasteiger partial charge in [0.05, 0.1) is 16.8 Å². The Balaban J connectivity index is 1.73. The van der Waals surface area contributed by atoms with Gasteiger partial charge in [0.25, 0.3) is 11.8 Å². The number of azo groups is 1. The second-order valence-corrected chi connectivity index (χ2v) is 5.73. The normalized spacial score (nSPS) is 11.3. The summed E-state index contributed by atoms with van der Waals surface area (Å²) in [6.45, 7) is -0.381. The van der Waals surface area contributed by atoms with Crippen LogP contribution in [0.15, 0.2) is 45.2 Å². The van der Waals surface area contributed by atoms with Crippen molar-refractivity contribution in [3.05, 3.63) is 46.3 Å². The van der Waals surface area contributed by atoms with Crippen LogP contribution in [0.25, 0.3) is 10.9 Å². The predicted molar refractivity (Wildman–Crippen MR) is 90.5 cm³/mol. The van der Waals surface area contributed by atoms with E-state index in [1.165, 1.54) is 24.5 Å². The van der Waals surface area contributed by atoms with Crippen molar-refractivity contribution in [1.82, 2.24) is 10.3 Å². The van der Waals surface area contributed by atoms with Gasteiger partial charge in [-0.3, -0.25) is 9.59 Å². The molecule has 3 rings (SSSR count). The maximum atomic E-state index is 11.7. The van der Waals surface area contributed by atoms with Gasteiger partial charge >= 0.3 is 0 Å². The van der Waals surface area contributed by atoms with E-state index in [9.17, 15) is 14.7 Å². The predicted octanol–water partition coefficient (Wildman–Crippen LogP) is 3.81. The van der Waals surface area contributed by atoms with E-state index in [0.717, 1.165) is 0 Å². The minimum Gasteiger partial charge on any atom is -0.493 e. The zero-order chi connectivity index (χ0) is 18.0. The number of benzene rings is 1. The first-order valence-electron chi connectivity index (χ1n) is 6.91. The number of furan rings is 1. The molecule has 0 bridgehead atoms. The summed E-state index contributed by atoms with van der Waals surface area (Å²) >= 11 is 11.9. The van der Waals surface area contributed by atoms with Gasteiger partial charge in [0, 0.05) is 10.4 Å². The third-order valence-corrected chi connectivity index (χ3v) is 3.70. The first-order chi connectivity index (χ1) is 12.0. The fraction of sp³-hybridized carbons (Fsp3) is 0.0667. The average molecular weight is 381 g/mol. The molecular weight excluding hydrogens is 371 g/mol. The molecule has 25 heavy (non-hydrogen) atoms. The number of amides is 2. The number of nitrogens with zero attached hydrogens (tertiary/aromatic N) is 2. The molecule has 0 saturated carbocycles. The standard InChI is InChI=1S/C15H10Cl2N4O4/c16-7-4-8-12(9(17)5-7)19-15(24)13(8)21-20-11(22)6-18-14(23)10-2-1-3-25-10/h1-5,19,24H,6H2,(H,18,23). The molecule has 1 aromatic carbocycles. The van der Waals surface area contributed by atoms with Crippen LogP contribution in [-0.4, -0.2) is 28.4 Å².